The van der Waals surface area contributed by atoms with Gasteiger partial charge in [0.05, 0.1) is 5.69 Å². The minimum Gasteiger partial charge on any atom is -0.298 e. The number of fused-ring (bicyclic) bond motifs is 1. The zero-order valence-electron chi connectivity index (χ0n) is 14.6. The highest BCUT2D eigenvalue weighted by Crippen LogP contribution is 2.35. The fraction of sp³-hybridized carbons (Fsp3) is 0.474. The minimum absolute atomic E-state index is 0.543. The van der Waals surface area contributed by atoms with Gasteiger partial charge in [-0.1, -0.05) is 0 Å². The van der Waals surface area contributed by atoms with Crippen LogP contribution in [0.1, 0.15) is 46.4 Å². The molecule has 1 atom stereocenters. The highest BCUT2D eigenvalue weighted by Gasteiger charge is 2.27. The van der Waals surface area contributed by atoms with Crippen molar-refractivity contribution in [2.45, 2.75) is 46.1 Å². The lowest BCUT2D eigenvalue weighted by atomic mass is 9.95. The molecule has 0 aromatic carbocycles. The van der Waals surface area contributed by atoms with Gasteiger partial charge in [0.1, 0.15) is 10.7 Å². The average Bonchev–Trinajstić information content (AvgIpc) is 3.06. The van der Waals surface area contributed by atoms with E-state index >= 15 is 0 Å². The van der Waals surface area contributed by atoms with Crippen LogP contribution in [0.15, 0.2) is 24.5 Å². The van der Waals surface area contributed by atoms with Crippen LogP contribution in [-0.4, -0.2) is 32.4 Å². The van der Waals surface area contributed by atoms with Crippen molar-refractivity contribution in [2.75, 3.05) is 13.1 Å². The van der Waals surface area contributed by atoms with Gasteiger partial charge < -0.3 is 0 Å². The molecule has 0 saturated carbocycles. The van der Waals surface area contributed by atoms with Crippen LogP contribution < -0.4 is 0 Å². The molecule has 4 nitrogen and oxygen atoms in total. The van der Waals surface area contributed by atoms with E-state index in [0.29, 0.717) is 5.92 Å². The summed E-state index contributed by atoms with van der Waals surface area (Å²) in [5.74, 6) is 1.68. The smallest absolute Gasteiger partial charge is 0.123 e. The van der Waals surface area contributed by atoms with Crippen LogP contribution in [0.2, 0.25) is 0 Å². The molecule has 3 aromatic heterocycles. The van der Waals surface area contributed by atoms with Gasteiger partial charge in [0.25, 0.3) is 0 Å². The monoisotopic (exact) mass is 340 g/mol. The van der Waals surface area contributed by atoms with Crippen molar-refractivity contribution in [1.82, 2.24) is 19.3 Å². The van der Waals surface area contributed by atoms with E-state index in [1.165, 1.54) is 46.0 Å². The van der Waals surface area contributed by atoms with Gasteiger partial charge in [0.2, 0.25) is 0 Å². The summed E-state index contributed by atoms with van der Waals surface area (Å²) in [7, 11) is 0. The van der Waals surface area contributed by atoms with Crippen LogP contribution in [0, 0.1) is 20.8 Å². The summed E-state index contributed by atoms with van der Waals surface area (Å²) >= 11 is 1.90. The Morgan fingerprint density at radius 2 is 2.00 bits per heavy atom. The fourth-order valence-electron chi connectivity index (χ4n) is 3.84. The lowest BCUT2D eigenvalue weighted by molar-refractivity contribution is 0.199. The maximum atomic E-state index is 4.95. The standard InChI is InChI=1S/C19H24N4S/c1-13-14(2)24-19-18(21-15(3)23(13)19)17-5-4-10-22(12-17)11-16-6-8-20-9-7-16/h6-9,17H,4-5,10-12H2,1-3H3/t17-/m1/s1. The number of piperidine rings is 1. The van der Waals surface area contributed by atoms with E-state index in [1.807, 2.05) is 23.7 Å². The topological polar surface area (TPSA) is 33.4 Å². The highest BCUT2D eigenvalue weighted by atomic mass is 32.1. The second-order valence-electron chi connectivity index (χ2n) is 6.86. The lowest BCUT2D eigenvalue weighted by Crippen LogP contribution is -2.34. The number of aryl methyl sites for hydroxylation is 3. The molecule has 5 heteroatoms. The number of imidazole rings is 1. The van der Waals surface area contributed by atoms with Gasteiger partial charge in [-0.05, 0) is 57.9 Å². The quantitative estimate of drug-likeness (QED) is 0.720. The Morgan fingerprint density at radius 3 is 2.79 bits per heavy atom. The van der Waals surface area contributed by atoms with Gasteiger partial charge in [-0.25, -0.2) is 4.98 Å². The Morgan fingerprint density at radius 1 is 1.21 bits per heavy atom. The van der Waals surface area contributed by atoms with Gasteiger partial charge in [0, 0.05) is 42.0 Å². The lowest BCUT2D eigenvalue weighted by Gasteiger charge is -2.32. The molecular formula is C19H24N4S. The van der Waals surface area contributed by atoms with Crippen LogP contribution >= 0.6 is 11.3 Å². The van der Waals surface area contributed by atoms with Gasteiger partial charge >= 0.3 is 0 Å². The molecule has 0 radical (unpaired) electrons. The van der Waals surface area contributed by atoms with Crippen LogP contribution in [-0.2, 0) is 6.54 Å². The van der Waals surface area contributed by atoms with Gasteiger partial charge in [-0.15, -0.1) is 11.3 Å². The summed E-state index contributed by atoms with van der Waals surface area (Å²) in [6, 6.07) is 4.24. The summed E-state index contributed by atoms with van der Waals surface area (Å²) in [5.41, 5.74) is 4.00. The van der Waals surface area contributed by atoms with Crippen molar-refractivity contribution in [2.24, 2.45) is 0 Å². The molecule has 1 fully saturated rings. The van der Waals surface area contributed by atoms with Crippen LogP contribution in [0.25, 0.3) is 4.83 Å². The number of thiazole rings is 1. The molecular weight excluding hydrogens is 316 g/mol. The number of nitrogens with zero attached hydrogens (tertiary/aromatic N) is 4. The number of pyridine rings is 1. The van der Waals surface area contributed by atoms with E-state index in [9.17, 15) is 0 Å². The van der Waals surface area contributed by atoms with Crippen LogP contribution in [0.3, 0.4) is 0 Å². The maximum absolute atomic E-state index is 4.95. The van der Waals surface area contributed by atoms with Crippen molar-refractivity contribution in [3.05, 3.63) is 52.2 Å². The van der Waals surface area contributed by atoms with Crippen molar-refractivity contribution < 1.29 is 0 Å². The Balaban J connectivity index is 1.59. The summed E-state index contributed by atoms with van der Waals surface area (Å²) in [6.45, 7) is 9.84. The Labute approximate surface area is 147 Å². The van der Waals surface area contributed by atoms with E-state index in [-0.39, 0.29) is 0 Å². The second-order valence-corrected chi connectivity index (χ2v) is 8.06. The molecule has 3 aromatic rings. The maximum Gasteiger partial charge on any atom is 0.123 e. The van der Waals surface area contributed by atoms with Crippen molar-refractivity contribution >= 4 is 16.2 Å². The number of hydrogen-bond donors (Lipinski definition) is 0. The predicted octanol–water partition coefficient (Wildman–Crippen LogP) is 4.10. The second kappa shape index (κ2) is 6.30. The van der Waals surface area contributed by atoms with Gasteiger partial charge in [-0.2, -0.15) is 0 Å². The van der Waals surface area contributed by atoms with Gasteiger partial charge in [-0.3, -0.25) is 14.3 Å². The van der Waals surface area contributed by atoms with Crippen LogP contribution in [0.5, 0.6) is 0 Å². The predicted molar refractivity (Wildman–Crippen MR) is 98.8 cm³/mol. The Hall–Kier alpha value is -1.72. The molecule has 1 saturated heterocycles. The van der Waals surface area contributed by atoms with E-state index in [2.05, 4.69) is 47.2 Å². The highest BCUT2D eigenvalue weighted by molar-refractivity contribution is 7.17. The molecule has 4 rings (SSSR count). The first-order chi connectivity index (χ1) is 11.6. The molecule has 0 unspecified atom stereocenters. The van der Waals surface area contributed by atoms with E-state index in [0.717, 1.165) is 18.9 Å². The normalized spacial score (nSPS) is 19.2. The Bertz CT molecular complexity index is 849. The van der Waals surface area contributed by atoms with Crippen LogP contribution in [0.4, 0.5) is 0 Å². The number of aromatic nitrogens is 3. The molecule has 0 amide bonds. The largest absolute Gasteiger partial charge is 0.298 e. The minimum atomic E-state index is 0.543. The third-order valence-corrected chi connectivity index (χ3v) is 6.36. The Kier molecular flexibility index (Phi) is 4.14. The molecule has 0 bridgehead atoms. The van der Waals surface area contributed by atoms with E-state index in [1.54, 1.807) is 0 Å². The van der Waals surface area contributed by atoms with Crippen molar-refractivity contribution in [3.8, 4) is 0 Å². The first-order valence-corrected chi connectivity index (χ1v) is 9.51. The summed E-state index contributed by atoms with van der Waals surface area (Å²) in [6.07, 6.45) is 6.26. The molecule has 1 aliphatic rings. The van der Waals surface area contributed by atoms with Gasteiger partial charge in [0.15, 0.2) is 0 Å². The summed E-state index contributed by atoms with van der Waals surface area (Å²) < 4.78 is 2.34. The number of hydrogen-bond acceptors (Lipinski definition) is 4. The summed E-state index contributed by atoms with van der Waals surface area (Å²) in [4.78, 5) is 14.4. The molecule has 1 aliphatic heterocycles. The fourth-order valence-corrected chi connectivity index (χ4v) is 5.04. The average molecular weight is 340 g/mol. The SMILES string of the molecule is Cc1sc2c([C@@H]3CCCN(Cc4ccncc4)C3)nc(C)n2c1C. The van der Waals surface area contributed by atoms with Crippen molar-refractivity contribution in [3.63, 3.8) is 0 Å². The number of rotatable bonds is 3. The zero-order chi connectivity index (χ0) is 16.7. The molecule has 24 heavy (non-hydrogen) atoms. The molecule has 0 N–H and O–H groups in total. The first kappa shape index (κ1) is 15.8. The zero-order valence-corrected chi connectivity index (χ0v) is 15.4. The van der Waals surface area contributed by atoms with Crippen molar-refractivity contribution in [1.29, 1.82) is 0 Å². The molecule has 4 heterocycles. The molecule has 0 spiro atoms. The molecule has 126 valence electrons. The van der Waals surface area contributed by atoms with E-state index in [4.69, 9.17) is 4.98 Å². The number of likely N-dealkylation sites (tertiary alicyclic amines) is 1. The first-order valence-electron chi connectivity index (χ1n) is 8.69. The third-order valence-electron chi connectivity index (χ3n) is 5.17. The molecule has 0 aliphatic carbocycles. The summed E-state index contributed by atoms with van der Waals surface area (Å²) in [5, 5.41) is 0. The third kappa shape index (κ3) is 2.76. The van der Waals surface area contributed by atoms with E-state index < -0.39 is 0 Å².